The van der Waals surface area contributed by atoms with E-state index in [0.29, 0.717) is 13.1 Å². The Kier molecular flexibility index (Phi) is 3.77. The third-order valence-corrected chi connectivity index (χ3v) is 3.88. The van der Waals surface area contributed by atoms with Crippen molar-refractivity contribution in [3.63, 3.8) is 0 Å². The molecule has 2 aromatic carbocycles. The van der Waals surface area contributed by atoms with Gasteiger partial charge in [-0.25, -0.2) is 4.79 Å². The molecule has 0 atom stereocenters. The molecule has 1 saturated heterocycles. The van der Waals surface area contributed by atoms with E-state index < -0.39 is 6.09 Å². The van der Waals surface area contributed by atoms with Crippen LogP contribution in [0.3, 0.4) is 0 Å². The molecule has 0 radical (unpaired) electrons. The molecule has 1 heterocycles. The molecule has 0 unspecified atom stereocenters. The van der Waals surface area contributed by atoms with Gasteiger partial charge >= 0.3 is 6.09 Å². The number of para-hydroxylation sites is 1. The fourth-order valence-corrected chi connectivity index (χ4v) is 2.75. The van der Waals surface area contributed by atoms with Crippen molar-refractivity contribution in [2.75, 3.05) is 31.1 Å². The number of hydrogen-bond donors (Lipinski definition) is 1. The van der Waals surface area contributed by atoms with Crippen LogP contribution in [0.25, 0.3) is 11.1 Å². The van der Waals surface area contributed by atoms with Crippen molar-refractivity contribution in [3.8, 4) is 11.1 Å². The van der Waals surface area contributed by atoms with Crippen LogP contribution >= 0.6 is 0 Å². The number of piperazine rings is 1. The zero-order chi connectivity index (χ0) is 14.7. The fraction of sp³-hybridized carbons (Fsp3) is 0.235. The lowest BCUT2D eigenvalue weighted by molar-refractivity contribution is 0.142. The molecule has 0 spiro atoms. The second kappa shape index (κ2) is 5.87. The van der Waals surface area contributed by atoms with Gasteiger partial charge in [-0.2, -0.15) is 0 Å². The highest BCUT2D eigenvalue weighted by molar-refractivity contribution is 5.78. The number of benzene rings is 2. The molecular formula is C17H18N2O2. The summed E-state index contributed by atoms with van der Waals surface area (Å²) in [6.07, 6.45) is -0.828. The molecule has 1 amide bonds. The number of rotatable bonds is 2. The Labute approximate surface area is 124 Å². The Bertz CT molecular complexity index is 620. The van der Waals surface area contributed by atoms with E-state index >= 15 is 0 Å². The summed E-state index contributed by atoms with van der Waals surface area (Å²) in [4.78, 5) is 14.7. The maximum Gasteiger partial charge on any atom is 0.407 e. The predicted molar refractivity (Wildman–Crippen MR) is 83.7 cm³/mol. The lowest BCUT2D eigenvalue weighted by Crippen LogP contribution is -2.48. The molecule has 1 N–H and O–H groups in total. The van der Waals surface area contributed by atoms with E-state index in [4.69, 9.17) is 5.11 Å². The largest absolute Gasteiger partial charge is 0.465 e. The quantitative estimate of drug-likeness (QED) is 0.920. The molecule has 3 rings (SSSR count). The summed E-state index contributed by atoms with van der Waals surface area (Å²) >= 11 is 0. The smallest absolute Gasteiger partial charge is 0.407 e. The minimum atomic E-state index is -0.828. The summed E-state index contributed by atoms with van der Waals surface area (Å²) in [5.74, 6) is 0. The number of anilines is 1. The molecule has 0 bridgehead atoms. The van der Waals surface area contributed by atoms with Crippen LogP contribution < -0.4 is 4.90 Å². The first-order valence-electron chi connectivity index (χ1n) is 7.13. The molecule has 1 aliphatic rings. The van der Waals surface area contributed by atoms with E-state index in [-0.39, 0.29) is 0 Å². The number of carboxylic acid groups (broad SMARTS) is 1. The van der Waals surface area contributed by atoms with E-state index in [1.807, 2.05) is 30.3 Å². The SMILES string of the molecule is O=C(O)N1CCN(c2ccccc2-c2ccccc2)CC1. The van der Waals surface area contributed by atoms with Gasteiger partial charge in [0.1, 0.15) is 0 Å². The summed E-state index contributed by atoms with van der Waals surface area (Å²) in [6, 6.07) is 18.6. The molecule has 4 heteroatoms. The van der Waals surface area contributed by atoms with Crippen molar-refractivity contribution in [1.82, 2.24) is 4.90 Å². The van der Waals surface area contributed by atoms with E-state index in [2.05, 4.69) is 29.2 Å². The topological polar surface area (TPSA) is 43.8 Å². The molecule has 0 aliphatic carbocycles. The summed E-state index contributed by atoms with van der Waals surface area (Å²) in [6.45, 7) is 2.57. The van der Waals surface area contributed by atoms with Crippen molar-refractivity contribution in [2.45, 2.75) is 0 Å². The Morgan fingerprint density at radius 2 is 1.48 bits per heavy atom. The van der Waals surface area contributed by atoms with Crippen LogP contribution in [0.5, 0.6) is 0 Å². The number of amides is 1. The van der Waals surface area contributed by atoms with E-state index in [9.17, 15) is 4.79 Å². The lowest BCUT2D eigenvalue weighted by atomic mass is 10.0. The maximum absolute atomic E-state index is 11.0. The van der Waals surface area contributed by atoms with Gasteiger partial charge in [0.05, 0.1) is 0 Å². The Morgan fingerprint density at radius 3 is 2.14 bits per heavy atom. The van der Waals surface area contributed by atoms with Gasteiger partial charge in [-0.3, -0.25) is 0 Å². The first-order valence-corrected chi connectivity index (χ1v) is 7.13. The van der Waals surface area contributed by atoms with Gasteiger partial charge in [-0.15, -0.1) is 0 Å². The van der Waals surface area contributed by atoms with Crippen molar-refractivity contribution in [2.24, 2.45) is 0 Å². The molecule has 4 nitrogen and oxygen atoms in total. The van der Waals surface area contributed by atoms with Gasteiger partial charge in [-0.1, -0.05) is 48.5 Å². The molecular weight excluding hydrogens is 264 g/mol. The highest BCUT2D eigenvalue weighted by Crippen LogP contribution is 2.31. The summed E-state index contributed by atoms with van der Waals surface area (Å²) < 4.78 is 0. The Morgan fingerprint density at radius 1 is 0.857 bits per heavy atom. The van der Waals surface area contributed by atoms with Gasteiger partial charge in [0.15, 0.2) is 0 Å². The molecule has 2 aromatic rings. The lowest BCUT2D eigenvalue weighted by Gasteiger charge is -2.35. The predicted octanol–water partition coefficient (Wildman–Crippen LogP) is 3.15. The van der Waals surface area contributed by atoms with Crippen LogP contribution in [0.1, 0.15) is 0 Å². The van der Waals surface area contributed by atoms with Crippen LogP contribution in [-0.4, -0.2) is 42.3 Å². The van der Waals surface area contributed by atoms with Gasteiger partial charge in [0.25, 0.3) is 0 Å². The normalized spacial score (nSPS) is 15.0. The van der Waals surface area contributed by atoms with E-state index in [1.54, 1.807) is 0 Å². The Hall–Kier alpha value is -2.49. The minimum Gasteiger partial charge on any atom is -0.465 e. The fourth-order valence-electron chi connectivity index (χ4n) is 2.75. The zero-order valence-corrected chi connectivity index (χ0v) is 11.8. The molecule has 0 saturated carbocycles. The second-order valence-electron chi connectivity index (χ2n) is 5.14. The third-order valence-electron chi connectivity index (χ3n) is 3.88. The summed E-state index contributed by atoms with van der Waals surface area (Å²) in [5, 5.41) is 9.04. The third kappa shape index (κ3) is 2.84. The van der Waals surface area contributed by atoms with Crippen molar-refractivity contribution >= 4 is 11.8 Å². The van der Waals surface area contributed by atoms with Crippen LogP contribution in [0.4, 0.5) is 10.5 Å². The zero-order valence-electron chi connectivity index (χ0n) is 11.8. The summed E-state index contributed by atoms with van der Waals surface area (Å²) in [7, 11) is 0. The summed E-state index contributed by atoms with van der Waals surface area (Å²) in [5.41, 5.74) is 3.56. The molecule has 1 aliphatic heterocycles. The first kappa shape index (κ1) is 13.5. The van der Waals surface area contributed by atoms with Crippen molar-refractivity contribution < 1.29 is 9.90 Å². The minimum absolute atomic E-state index is 0.554. The Balaban J connectivity index is 1.85. The molecule has 108 valence electrons. The van der Waals surface area contributed by atoms with Crippen molar-refractivity contribution in [3.05, 3.63) is 54.6 Å². The van der Waals surface area contributed by atoms with Crippen LogP contribution in [0.15, 0.2) is 54.6 Å². The average Bonchev–Trinajstić information content (AvgIpc) is 2.56. The van der Waals surface area contributed by atoms with Gasteiger partial charge in [-0.05, 0) is 11.6 Å². The average molecular weight is 282 g/mol. The molecule has 0 aromatic heterocycles. The monoisotopic (exact) mass is 282 g/mol. The van der Waals surface area contributed by atoms with Crippen LogP contribution in [-0.2, 0) is 0 Å². The number of hydrogen-bond acceptors (Lipinski definition) is 2. The van der Waals surface area contributed by atoms with E-state index in [1.165, 1.54) is 21.7 Å². The second-order valence-corrected chi connectivity index (χ2v) is 5.14. The van der Waals surface area contributed by atoms with Crippen molar-refractivity contribution in [1.29, 1.82) is 0 Å². The van der Waals surface area contributed by atoms with Gasteiger partial charge < -0.3 is 14.9 Å². The highest BCUT2D eigenvalue weighted by Gasteiger charge is 2.21. The van der Waals surface area contributed by atoms with Crippen LogP contribution in [0.2, 0.25) is 0 Å². The molecule has 1 fully saturated rings. The van der Waals surface area contributed by atoms with Crippen LogP contribution in [0, 0.1) is 0 Å². The standard InChI is InChI=1S/C17H18N2O2/c20-17(21)19-12-10-18(11-13-19)16-9-5-4-8-15(16)14-6-2-1-3-7-14/h1-9H,10-13H2,(H,20,21). The highest BCUT2D eigenvalue weighted by atomic mass is 16.4. The number of carbonyl (C=O) groups is 1. The number of nitrogens with zero attached hydrogens (tertiary/aromatic N) is 2. The van der Waals surface area contributed by atoms with E-state index in [0.717, 1.165) is 13.1 Å². The molecule has 21 heavy (non-hydrogen) atoms. The first-order chi connectivity index (χ1) is 10.3. The maximum atomic E-state index is 11.0. The van der Waals surface area contributed by atoms with Gasteiger partial charge in [0, 0.05) is 37.4 Å². The van der Waals surface area contributed by atoms with Gasteiger partial charge in [0.2, 0.25) is 0 Å².